The second-order valence-electron chi connectivity index (χ2n) is 7.01. The first-order valence-electron chi connectivity index (χ1n) is 8.95. The summed E-state index contributed by atoms with van der Waals surface area (Å²) in [5, 5.41) is 3.82. The molecule has 1 saturated heterocycles. The number of hydrogen-bond acceptors (Lipinski definition) is 5. The zero-order valence-electron chi connectivity index (χ0n) is 14.8. The Balaban J connectivity index is 0.00000210. The Bertz CT molecular complexity index is 823. The highest BCUT2D eigenvalue weighted by Crippen LogP contribution is 2.39. The summed E-state index contributed by atoms with van der Waals surface area (Å²) in [5.41, 5.74) is 1.53. The fraction of sp³-hybridized carbons (Fsp3) is 0.400. The lowest BCUT2D eigenvalue weighted by Gasteiger charge is -2.37. The molecule has 1 aliphatic heterocycles. The predicted molar refractivity (Wildman–Crippen MR) is 108 cm³/mol. The summed E-state index contributed by atoms with van der Waals surface area (Å²) in [6.07, 6.45) is 6.14. The molecule has 1 saturated carbocycles. The van der Waals surface area contributed by atoms with Crippen LogP contribution in [0.3, 0.4) is 0 Å². The second kappa shape index (κ2) is 8.59. The topological polar surface area (TPSA) is 46.3 Å². The molecule has 0 bridgehead atoms. The van der Waals surface area contributed by atoms with Crippen molar-refractivity contribution in [2.45, 2.75) is 30.6 Å². The Hall–Kier alpha value is -1.63. The minimum atomic E-state index is -0.539. The molecule has 1 aromatic carbocycles. The maximum atomic E-state index is 14.5. The van der Waals surface area contributed by atoms with Gasteiger partial charge in [0.1, 0.15) is 5.82 Å². The Labute approximate surface area is 169 Å². The third-order valence-electron chi connectivity index (χ3n) is 5.10. The van der Waals surface area contributed by atoms with Gasteiger partial charge < -0.3 is 4.52 Å². The van der Waals surface area contributed by atoms with Gasteiger partial charge in [-0.3, -0.25) is 9.69 Å². The lowest BCUT2D eigenvalue weighted by Crippen LogP contribution is -2.42. The molecule has 27 heavy (non-hydrogen) atoms. The van der Waals surface area contributed by atoms with Gasteiger partial charge in [-0.1, -0.05) is 23.4 Å². The zero-order chi connectivity index (χ0) is 18.1. The van der Waals surface area contributed by atoms with Crippen LogP contribution in [-0.2, 0) is 4.79 Å². The van der Waals surface area contributed by atoms with Crippen LogP contribution < -0.4 is 0 Å². The Morgan fingerprint density at radius 2 is 2.07 bits per heavy atom. The first-order chi connectivity index (χ1) is 12.6. The van der Waals surface area contributed by atoms with Crippen LogP contribution in [0, 0.1) is 11.7 Å². The van der Waals surface area contributed by atoms with Crippen LogP contribution in [0.25, 0.3) is 6.08 Å². The molecule has 144 valence electrons. The second-order valence-corrected chi connectivity index (χ2v) is 7.63. The van der Waals surface area contributed by atoms with E-state index in [-0.39, 0.29) is 35.2 Å². The van der Waals surface area contributed by atoms with E-state index in [2.05, 4.69) is 22.7 Å². The molecule has 2 heterocycles. The maximum absolute atomic E-state index is 14.5. The number of halogens is 2. The van der Waals surface area contributed by atoms with Crippen LogP contribution in [0.15, 0.2) is 46.6 Å². The number of piperidine rings is 1. The molecule has 2 unspecified atom stereocenters. The highest BCUT2D eigenvalue weighted by Gasteiger charge is 2.40. The van der Waals surface area contributed by atoms with E-state index in [0.29, 0.717) is 24.4 Å². The fourth-order valence-electron chi connectivity index (χ4n) is 3.56. The van der Waals surface area contributed by atoms with Crippen LogP contribution in [0.1, 0.15) is 36.6 Å². The number of aromatic nitrogens is 1. The zero-order valence-corrected chi connectivity index (χ0v) is 16.5. The highest BCUT2D eigenvalue weighted by molar-refractivity contribution is 7.81. The molecule has 0 radical (unpaired) electrons. The lowest BCUT2D eigenvalue weighted by atomic mass is 9.93. The van der Waals surface area contributed by atoms with Crippen LogP contribution in [-0.4, -0.2) is 34.2 Å². The molecule has 0 spiro atoms. The number of likely N-dealkylation sites (tertiary alicyclic amines) is 1. The van der Waals surface area contributed by atoms with Gasteiger partial charge in [0.2, 0.25) is 0 Å². The van der Waals surface area contributed by atoms with E-state index in [9.17, 15) is 9.18 Å². The smallest absolute Gasteiger partial charge is 0.159 e. The van der Waals surface area contributed by atoms with Crippen LogP contribution in [0.2, 0.25) is 0 Å². The Kier molecular flexibility index (Phi) is 6.40. The summed E-state index contributed by atoms with van der Waals surface area (Å²) < 4.78 is 19.7. The van der Waals surface area contributed by atoms with Gasteiger partial charge in [-0.2, -0.15) is 12.6 Å². The average Bonchev–Trinajstić information content (AvgIpc) is 3.37. The quantitative estimate of drug-likeness (QED) is 0.747. The SMILES string of the molecule is Cl.O=C(C1CC1)C(c1ccccc1F)N1CCC(S)/C(=C/c2ccno2)C1. The molecule has 4 nitrogen and oxygen atoms in total. The minimum absolute atomic E-state index is 0. The van der Waals surface area contributed by atoms with Crippen molar-refractivity contribution < 1.29 is 13.7 Å². The van der Waals surface area contributed by atoms with E-state index in [4.69, 9.17) is 4.52 Å². The van der Waals surface area contributed by atoms with E-state index >= 15 is 0 Å². The number of ketones is 1. The third-order valence-corrected chi connectivity index (χ3v) is 5.69. The standard InChI is InChI=1S/C20H21FN2O2S.ClH/c21-17-4-2-1-3-16(17)19(20(24)13-5-6-13)23-10-8-18(26)14(12-23)11-15-7-9-22-25-15;/h1-4,7,9,11,13,18-19,26H,5-6,8,10,12H2;1H/b14-11+;. The summed E-state index contributed by atoms with van der Waals surface area (Å²) in [6.45, 7) is 1.27. The van der Waals surface area contributed by atoms with E-state index in [1.54, 1.807) is 30.5 Å². The van der Waals surface area contributed by atoms with Crippen molar-refractivity contribution in [1.29, 1.82) is 0 Å². The van der Waals surface area contributed by atoms with Crippen molar-refractivity contribution in [3.8, 4) is 0 Å². The van der Waals surface area contributed by atoms with Gasteiger partial charge in [-0.15, -0.1) is 12.4 Å². The van der Waals surface area contributed by atoms with Gasteiger partial charge in [-0.25, -0.2) is 4.39 Å². The van der Waals surface area contributed by atoms with Gasteiger partial charge in [0.25, 0.3) is 0 Å². The molecule has 1 aromatic heterocycles. The molecular formula is C20H22ClFN2O2S. The highest BCUT2D eigenvalue weighted by atomic mass is 35.5. The number of Topliss-reactive ketones (excluding diaryl/α,β-unsaturated/α-hetero) is 1. The van der Waals surface area contributed by atoms with Crippen molar-refractivity contribution in [3.05, 3.63) is 59.2 Å². The first-order valence-corrected chi connectivity index (χ1v) is 9.46. The molecule has 2 aromatic rings. The molecule has 1 aliphatic carbocycles. The summed E-state index contributed by atoms with van der Waals surface area (Å²) in [5.74, 6) is 0.541. The number of carbonyl (C=O) groups is 1. The van der Waals surface area contributed by atoms with Crippen LogP contribution >= 0.6 is 25.0 Å². The number of thiol groups is 1. The van der Waals surface area contributed by atoms with E-state index in [0.717, 1.165) is 24.8 Å². The van der Waals surface area contributed by atoms with Crippen molar-refractivity contribution in [3.63, 3.8) is 0 Å². The van der Waals surface area contributed by atoms with Gasteiger partial charge in [0.15, 0.2) is 11.5 Å². The van der Waals surface area contributed by atoms with Gasteiger partial charge in [-0.05, 0) is 37.0 Å². The molecule has 0 amide bonds. The summed E-state index contributed by atoms with van der Waals surface area (Å²) in [4.78, 5) is 15.1. The normalized spacial score (nSPS) is 23.0. The van der Waals surface area contributed by atoms with Crippen LogP contribution in [0.5, 0.6) is 0 Å². The maximum Gasteiger partial charge on any atom is 0.159 e. The van der Waals surface area contributed by atoms with Crippen molar-refractivity contribution in [2.75, 3.05) is 13.1 Å². The lowest BCUT2D eigenvalue weighted by molar-refractivity contribution is -0.126. The van der Waals surface area contributed by atoms with E-state index in [1.807, 2.05) is 6.08 Å². The molecular weight excluding hydrogens is 387 g/mol. The molecule has 2 fully saturated rings. The summed E-state index contributed by atoms with van der Waals surface area (Å²) in [7, 11) is 0. The predicted octanol–water partition coefficient (Wildman–Crippen LogP) is 4.34. The van der Waals surface area contributed by atoms with E-state index in [1.165, 1.54) is 6.07 Å². The third kappa shape index (κ3) is 4.45. The number of hydrogen-bond donors (Lipinski definition) is 1. The number of carbonyl (C=O) groups excluding carboxylic acids is 1. The molecule has 2 atom stereocenters. The van der Waals surface area contributed by atoms with Gasteiger partial charge in [0, 0.05) is 35.9 Å². The minimum Gasteiger partial charge on any atom is -0.357 e. The summed E-state index contributed by atoms with van der Waals surface area (Å²) in [6, 6.07) is 7.86. The number of rotatable bonds is 5. The van der Waals surface area contributed by atoms with Crippen molar-refractivity contribution in [2.24, 2.45) is 5.92 Å². The Morgan fingerprint density at radius 1 is 1.30 bits per heavy atom. The monoisotopic (exact) mass is 408 g/mol. The summed E-state index contributed by atoms with van der Waals surface area (Å²) >= 11 is 4.67. The fourth-order valence-corrected chi connectivity index (χ4v) is 3.83. The number of benzene rings is 1. The molecule has 4 rings (SSSR count). The van der Waals surface area contributed by atoms with Gasteiger partial charge in [0.05, 0.1) is 12.2 Å². The van der Waals surface area contributed by atoms with Crippen molar-refractivity contribution >= 4 is 36.9 Å². The molecule has 7 heteroatoms. The molecule has 2 aliphatic rings. The number of nitrogens with zero attached hydrogens (tertiary/aromatic N) is 2. The van der Waals surface area contributed by atoms with Gasteiger partial charge >= 0.3 is 0 Å². The average molecular weight is 409 g/mol. The first kappa shape index (κ1) is 20.1. The molecule has 0 N–H and O–H groups in total. The largest absolute Gasteiger partial charge is 0.357 e. The van der Waals surface area contributed by atoms with Crippen LogP contribution in [0.4, 0.5) is 4.39 Å². The Morgan fingerprint density at radius 3 is 2.74 bits per heavy atom. The van der Waals surface area contributed by atoms with E-state index < -0.39 is 6.04 Å². The van der Waals surface area contributed by atoms with Crippen molar-refractivity contribution in [1.82, 2.24) is 10.1 Å².